The van der Waals surface area contributed by atoms with Crippen LogP contribution in [0.5, 0.6) is 0 Å². The first-order chi connectivity index (χ1) is 10.4. The molecule has 0 unspecified atom stereocenters. The number of fused-ring (bicyclic) bond motifs is 6. The third-order valence-electron chi connectivity index (χ3n) is 3.72. The van der Waals surface area contributed by atoms with Crippen molar-refractivity contribution in [3.8, 4) is 0 Å². The van der Waals surface area contributed by atoms with E-state index in [1.165, 1.54) is 0 Å². The highest BCUT2D eigenvalue weighted by Gasteiger charge is 2.43. The number of aliphatic imine (C=N–C) groups is 1. The van der Waals surface area contributed by atoms with Gasteiger partial charge in [0.15, 0.2) is 0 Å². The molecule has 4 rings (SSSR count). The van der Waals surface area contributed by atoms with Crippen LogP contribution in [0, 0.1) is 0 Å². The van der Waals surface area contributed by atoms with E-state index in [0.717, 1.165) is 44.4 Å². The minimum absolute atomic E-state index is 0.710. The lowest BCUT2D eigenvalue weighted by molar-refractivity contribution is -0.00841. The van der Waals surface area contributed by atoms with Gasteiger partial charge in [-0.05, 0) is 18.6 Å². The topological polar surface area (TPSA) is 56.4 Å². The van der Waals surface area contributed by atoms with E-state index in [-0.39, 0.29) is 0 Å². The number of hydrogen-bond donors (Lipinski definition) is 0. The minimum Gasteiger partial charge on any atom is -0.463 e. The maximum atomic E-state index is 5.98. The van der Waals surface area contributed by atoms with Crippen molar-refractivity contribution < 1.29 is 17.7 Å². The fraction of sp³-hybridized carbons (Fsp3) is 0.643. The largest absolute Gasteiger partial charge is 0.501 e. The first-order valence-corrected chi connectivity index (χ1v) is 9.47. The Bertz CT molecular complexity index is 425. The van der Waals surface area contributed by atoms with Crippen LogP contribution in [-0.2, 0) is 13.3 Å². The summed E-state index contributed by atoms with van der Waals surface area (Å²) in [6.07, 6.45) is 4.32. The first-order valence-electron chi connectivity index (χ1n) is 7.54. The molecule has 7 heteroatoms. The van der Waals surface area contributed by atoms with Crippen molar-refractivity contribution in [1.29, 1.82) is 0 Å². The number of rotatable bonds is 5. The molecule has 3 aliphatic rings. The minimum atomic E-state index is -2.47. The van der Waals surface area contributed by atoms with Gasteiger partial charge in [0.1, 0.15) is 5.76 Å². The Morgan fingerprint density at radius 2 is 1.86 bits per heavy atom. The predicted octanol–water partition coefficient (Wildman–Crippen LogP) is 1.41. The molecule has 4 heterocycles. The van der Waals surface area contributed by atoms with Crippen LogP contribution < -0.4 is 0 Å². The second kappa shape index (κ2) is 7.32. The third-order valence-corrected chi connectivity index (χ3v) is 6.62. The molecule has 0 saturated carbocycles. The van der Waals surface area contributed by atoms with E-state index in [4.69, 9.17) is 17.7 Å². The van der Waals surface area contributed by atoms with E-state index in [9.17, 15) is 0 Å². The SMILES string of the molecule is C(=NCCC[Si]12OCCN(CCO1)CCO2)c1ccco1. The van der Waals surface area contributed by atoms with Crippen LogP contribution in [0.1, 0.15) is 12.2 Å². The number of hydrogen-bond acceptors (Lipinski definition) is 6. The van der Waals surface area contributed by atoms with Gasteiger partial charge in [-0.2, -0.15) is 0 Å². The molecule has 0 aromatic carbocycles. The van der Waals surface area contributed by atoms with Crippen molar-refractivity contribution in [2.75, 3.05) is 46.0 Å². The summed E-state index contributed by atoms with van der Waals surface area (Å²) in [5.41, 5.74) is 0. The Balaban J connectivity index is 1.48. The molecule has 0 spiro atoms. The maximum Gasteiger partial charge on any atom is 0.501 e. The van der Waals surface area contributed by atoms with Crippen LogP contribution in [0.2, 0.25) is 6.04 Å². The molecule has 3 saturated heterocycles. The van der Waals surface area contributed by atoms with Crippen LogP contribution in [-0.4, -0.2) is 65.9 Å². The summed E-state index contributed by atoms with van der Waals surface area (Å²) in [6, 6.07) is 4.58. The molecule has 0 N–H and O–H groups in total. The van der Waals surface area contributed by atoms with Crippen molar-refractivity contribution in [2.45, 2.75) is 12.5 Å². The summed E-state index contributed by atoms with van der Waals surface area (Å²) in [4.78, 5) is 6.69. The molecule has 21 heavy (non-hydrogen) atoms. The van der Waals surface area contributed by atoms with Gasteiger partial charge in [-0.15, -0.1) is 0 Å². The molecular weight excluding hydrogens is 288 g/mol. The highest BCUT2D eigenvalue weighted by molar-refractivity contribution is 6.60. The molecule has 1 aromatic rings. The lowest BCUT2D eigenvalue weighted by Gasteiger charge is -2.38. The lowest BCUT2D eigenvalue weighted by Crippen LogP contribution is -2.55. The van der Waals surface area contributed by atoms with Gasteiger partial charge < -0.3 is 17.7 Å². The van der Waals surface area contributed by atoms with Gasteiger partial charge in [-0.25, -0.2) is 0 Å². The Morgan fingerprint density at radius 1 is 1.14 bits per heavy atom. The van der Waals surface area contributed by atoms with Gasteiger partial charge in [0, 0.05) is 32.2 Å². The van der Waals surface area contributed by atoms with E-state index in [1.54, 1.807) is 12.5 Å². The second-order valence-corrected chi connectivity index (χ2v) is 7.96. The van der Waals surface area contributed by atoms with Gasteiger partial charge in [-0.3, -0.25) is 9.89 Å². The van der Waals surface area contributed by atoms with E-state index < -0.39 is 8.80 Å². The quantitative estimate of drug-likeness (QED) is 0.467. The summed E-state index contributed by atoms with van der Waals surface area (Å²) in [5, 5.41) is 0. The van der Waals surface area contributed by atoms with Gasteiger partial charge in [-0.1, -0.05) is 0 Å². The molecule has 0 aliphatic carbocycles. The predicted molar refractivity (Wildman–Crippen MR) is 80.6 cm³/mol. The zero-order valence-corrected chi connectivity index (χ0v) is 13.2. The average Bonchev–Trinajstić information content (AvgIpc) is 2.92. The fourth-order valence-corrected chi connectivity index (χ4v) is 5.05. The summed E-state index contributed by atoms with van der Waals surface area (Å²) in [6.45, 7) is 5.82. The van der Waals surface area contributed by atoms with Crippen molar-refractivity contribution in [2.24, 2.45) is 4.99 Å². The molecule has 116 valence electrons. The van der Waals surface area contributed by atoms with Crippen LogP contribution in [0.15, 0.2) is 27.8 Å². The Morgan fingerprint density at radius 3 is 2.48 bits per heavy atom. The van der Waals surface area contributed by atoms with E-state index >= 15 is 0 Å². The first kappa shape index (κ1) is 14.9. The molecule has 2 bridgehead atoms. The second-order valence-electron chi connectivity index (χ2n) is 5.22. The maximum absolute atomic E-state index is 5.98. The van der Waals surface area contributed by atoms with E-state index in [2.05, 4.69) is 9.89 Å². The number of furan rings is 1. The third kappa shape index (κ3) is 4.24. The van der Waals surface area contributed by atoms with E-state index in [0.29, 0.717) is 19.8 Å². The van der Waals surface area contributed by atoms with Crippen molar-refractivity contribution in [3.63, 3.8) is 0 Å². The van der Waals surface area contributed by atoms with E-state index in [1.807, 2.05) is 12.1 Å². The van der Waals surface area contributed by atoms with Gasteiger partial charge in [0.05, 0.1) is 32.3 Å². The molecular formula is C14H22N2O4Si. The van der Waals surface area contributed by atoms with Crippen molar-refractivity contribution in [3.05, 3.63) is 24.2 Å². The van der Waals surface area contributed by atoms with Gasteiger partial charge in [0.25, 0.3) is 0 Å². The number of nitrogens with zero attached hydrogens (tertiary/aromatic N) is 2. The zero-order chi connectivity index (χ0) is 14.4. The summed E-state index contributed by atoms with van der Waals surface area (Å²) in [7, 11) is -2.47. The highest BCUT2D eigenvalue weighted by atomic mass is 28.4. The van der Waals surface area contributed by atoms with Crippen LogP contribution in [0.4, 0.5) is 0 Å². The molecule has 3 aliphatic heterocycles. The zero-order valence-electron chi connectivity index (χ0n) is 12.2. The molecule has 1 aromatic heterocycles. The smallest absolute Gasteiger partial charge is 0.463 e. The highest BCUT2D eigenvalue weighted by Crippen LogP contribution is 2.21. The summed E-state index contributed by atoms with van der Waals surface area (Å²) >= 11 is 0. The van der Waals surface area contributed by atoms with Gasteiger partial charge >= 0.3 is 8.80 Å². The van der Waals surface area contributed by atoms with Crippen molar-refractivity contribution >= 4 is 15.0 Å². The Labute approximate surface area is 126 Å². The Kier molecular flexibility index (Phi) is 5.21. The summed E-state index contributed by atoms with van der Waals surface area (Å²) in [5.74, 6) is 0.783. The average molecular weight is 310 g/mol. The normalized spacial score (nSPS) is 30.2. The monoisotopic (exact) mass is 310 g/mol. The van der Waals surface area contributed by atoms with Crippen LogP contribution in [0.25, 0.3) is 0 Å². The lowest BCUT2D eigenvalue weighted by atomic mass is 10.4. The van der Waals surface area contributed by atoms with Crippen molar-refractivity contribution in [1.82, 2.24) is 4.90 Å². The molecule has 0 atom stereocenters. The molecule has 3 fully saturated rings. The Hall–Kier alpha value is -0.993. The summed E-state index contributed by atoms with van der Waals surface area (Å²) < 4.78 is 23.1. The van der Waals surface area contributed by atoms with Crippen LogP contribution >= 0.6 is 0 Å². The standard InChI is InChI=1S/C14H22N2O4Si/c1-3-14(17-8-1)13-15-4-2-12-21-18-9-5-16(6-10-19-21)7-11-20-21/h1,3,8,13H,2,4-7,9-12H2. The molecule has 6 nitrogen and oxygen atoms in total. The molecule has 0 amide bonds. The molecule has 0 radical (unpaired) electrons. The fourth-order valence-electron chi connectivity index (χ4n) is 2.57. The van der Waals surface area contributed by atoms with Crippen LogP contribution in [0.3, 0.4) is 0 Å². The van der Waals surface area contributed by atoms with Gasteiger partial charge in [0.2, 0.25) is 0 Å².